The third-order valence-corrected chi connectivity index (χ3v) is 4.15. The lowest BCUT2D eigenvalue weighted by atomic mass is 10.2. The highest BCUT2D eigenvalue weighted by Gasteiger charge is 2.26. The largest absolute Gasteiger partial charge is 0.480 e. The van der Waals surface area contributed by atoms with Gasteiger partial charge in [0.2, 0.25) is 10.0 Å². The molecule has 0 aliphatic carbocycles. The van der Waals surface area contributed by atoms with Crippen molar-refractivity contribution in [3.63, 3.8) is 0 Å². The number of hydrogen-bond donors (Lipinski definition) is 2. The second-order valence-electron chi connectivity index (χ2n) is 4.06. The lowest BCUT2D eigenvalue weighted by Crippen LogP contribution is -2.43. The lowest BCUT2D eigenvalue weighted by molar-refractivity contribution is -0.140. The Morgan fingerprint density at radius 2 is 2.20 bits per heavy atom. The zero-order valence-corrected chi connectivity index (χ0v) is 11.8. The Bertz CT molecular complexity index is 648. The van der Waals surface area contributed by atoms with E-state index >= 15 is 0 Å². The number of aryl methyl sites for hydroxylation is 1. The van der Waals surface area contributed by atoms with Crippen molar-refractivity contribution in [2.75, 3.05) is 13.7 Å². The molecule has 0 spiro atoms. The Morgan fingerprint density at radius 1 is 1.55 bits per heavy atom. The second-order valence-corrected chi connectivity index (χ2v) is 5.74. The highest BCUT2D eigenvalue weighted by molar-refractivity contribution is 7.89. The Hall–Kier alpha value is -1.95. The van der Waals surface area contributed by atoms with E-state index in [0.717, 1.165) is 0 Å². The molecule has 0 aliphatic rings. The standard InChI is InChI=1S/C12H14N2O5S/c1-8-5-9(6-13)3-4-11(8)20(17,18)14-10(7-19-2)12(15)16/h3-5,10,14H,7H2,1-2H3,(H,15,16). The normalized spacial score (nSPS) is 12.7. The van der Waals surface area contributed by atoms with Crippen LogP contribution in [0.15, 0.2) is 23.1 Å². The number of rotatable bonds is 6. The van der Waals surface area contributed by atoms with Crippen molar-refractivity contribution in [1.29, 1.82) is 5.26 Å². The molecule has 0 radical (unpaired) electrons. The zero-order chi connectivity index (χ0) is 15.3. The van der Waals surface area contributed by atoms with E-state index in [1.54, 1.807) is 0 Å². The van der Waals surface area contributed by atoms with Crippen molar-refractivity contribution in [3.05, 3.63) is 29.3 Å². The second kappa shape index (κ2) is 6.47. The molecule has 0 fully saturated rings. The average Bonchev–Trinajstić information content (AvgIpc) is 2.37. The maximum atomic E-state index is 12.1. The number of benzene rings is 1. The van der Waals surface area contributed by atoms with Crippen LogP contribution in [0.1, 0.15) is 11.1 Å². The van der Waals surface area contributed by atoms with Crippen molar-refractivity contribution < 1.29 is 23.1 Å². The summed E-state index contributed by atoms with van der Waals surface area (Å²) in [5.41, 5.74) is 0.686. The van der Waals surface area contributed by atoms with Crippen molar-refractivity contribution in [2.24, 2.45) is 0 Å². The number of aliphatic carboxylic acids is 1. The van der Waals surface area contributed by atoms with Crippen LogP contribution in [0.5, 0.6) is 0 Å². The molecule has 0 saturated carbocycles. The van der Waals surface area contributed by atoms with Gasteiger partial charge in [-0.3, -0.25) is 4.79 Å². The van der Waals surface area contributed by atoms with Gasteiger partial charge in [-0.1, -0.05) is 0 Å². The monoisotopic (exact) mass is 298 g/mol. The summed E-state index contributed by atoms with van der Waals surface area (Å²) < 4.78 is 31.0. The first-order valence-electron chi connectivity index (χ1n) is 5.56. The van der Waals surface area contributed by atoms with Crippen LogP contribution in [-0.4, -0.2) is 39.3 Å². The summed E-state index contributed by atoms with van der Waals surface area (Å²) in [5, 5.41) is 17.7. The highest BCUT2D eigenvalue weighted by atomic mass is 32.2. The van der Waals surface area contributed by atoms with Crippen LogP contribution in [0.4, 0.5) is 0 Å². The van der Waals surface area contributed by atoms with Gasteiger partial charge in [-0.15, -0.1) is 0 Å². The maximum Gasteiger partial charge on any atom is 0.324 e. The van der Waals surface area contributed by atoms with E-state index in [9.17, 15) is 13.2 Å². The maximum absolute atomic E-state index is 12.1. The van der Waals surface area contributed by atoms with Crippen molar-refractivity contribution in [2.45, 2.75) is 17.9 Å². The molecule has 0 amide bonds. The number of nitrogens with one attached hydrogen (secondary N) is 1. The number of carboxylic acids is 1. The van der Waals surface area contributed by atoms with Gasteiger partial charge in [-0.2, -0.15) is 9.98 Å². The van der Waals surface area contributed by atoms with E-state index in [1.807, 2.05) is 6.07 Å². The summed E-state index contributed by atoms with van der Waals surface area (Å²) in [6.07, 6.45) is 0. The summed E-state index contributed by atoms with van der Waals surface area (Å²) in [7, 11) is -2.73. The SMILES string of the molecule is COCC(NS(=O)(=O)c1ccc(C#N)cc1C)C(=O)O. The molecule has 108 valence electrons. The molecule has 0 heterocycles. The summed E-state index contributed by atoms with van der Waals surface area (Å²) >= 11 is 0. The smallest absolute Gasteiger partial charge is 0.324 e. The van der Waals surface area contributed by atoms with Crippen LogP contribution >= 0.6 is 0 Å². The Morgan fingerprint density at radius 3 is 2.65 bits per heavy atom. The average molecular weight is 298 g/mol. The minimum absolute atomic E-state index is 0.0705. The van der Waals surface area contributed by atoms with Crippen molar-refractivity contribution in [3.8, 4) is 6.07 Å². The number of nitrogens with zero attached hydrogens (tertiary/aromatic N) is 1. The molecular weight excluding hydrogens is 284 g/mol. The van der Waals surface area contributed by atoms with E-state index in [0.29, 0.717) is 11.1 Å². The van der Waals surface area contributed by atoms with Crippen molar-refractivity contribution >= 4 is 16.0 Å². The summed E-state index contributed by atoms with van der Waals surface area (Å²) in [6, 6.07) is 4.56. The van der Waals surface area contributed by atoms with Crippen molar-refractivity contribution in [1.82, 2.24) is 4.72 Å². The third-order valence-electron chi connectivity index (χ3n) is 2.52. The Labute approximate surface area is 116 Å². The van der Waals surface area contributed by atoms with Gasteiger partial charge in [0.1, 0.15) is 6.04 Å². The topological polar surface area (TPSA) is 116 Å². The van der Waals surface area contributed by atoms with Gasteiger partial charge >= 0.3 is 5.97 Å². The van der Waals surface area contributed by atoms with Gasteiger partial charge < -0.3 is 9.84 Å². The number of ether oxygens (including phenoxy) is 1. The number of nitriles is 1. The minimum Gasteiger partial charge on any atom is -0.480 e. The molecule has 8 heteroatoms. The molecule has 2 N–H and O–H groups in total. The van der Waals surface area contributed by atoms with Gasteiger partial charge in [0.05, 0.1) is 23.1 Å². The van der Waals surface area contributed by atoms with E-state index < -0.39 is 22.0 Å². The molecule has 1 atom stereocenters. The van der Waals surface area contributed by atoms with Gasteiger partial charge in [-0.25, -0.2) is 8.42 Å². The van der Waals surface area contributed by atoms with E-state index in [-0.39, 0.29) is 11.5 Å². The predicted octanol–water partition coefficient (Wildman–Crippen LogP) is 0.245. The molecule has 1 unspecified atom stereocenters. The molecule has 0 aromatic heterocycles. The van der Waals surface area contributed by atoms with Crippen LogP contribution in [0.2, 0.25) is 0 Å². The van der Waals surface area contributed by atoms with Crippen LogP contribution in [-0.2, 0) is 19.6 Å². The highest BCUT2D eigenvalue weighted by Crippen LogP contribution is 2.16. The van der Waals surface area contributed by atoms with E-state index in [1.165, 1.54) is 32.2 Å². The number of carbonyl (C=O) groups is 1. The Kier molecular flexibility index (Phi) is 5.21. The lowest BCUT2D eigenvalue weighted by Gasteiger charge is -2.15. The third kappa shape index (κ3) is 3.77. The fourth-order valence-electron chi connectivity index (χ4n) is 1.59. The summed E-state index contributed by atoms with van der Waals surface area (Å²) in [6.45, 7) is 1.24. The predicted molar refractivity (Wildman–Crippen MR) is 69.5 cm³/mol. The van der Waals surface area contributed by atoms with Gasteiger partial charge in [0, 0.05) is 7.11 Å². The zero-order valence-electron chi connectivity index (χ0n) is 11.0. The van der Waals surface area contributed by atoms with Crippen LogP contribution < -0.4 is 4.72 Å². The summed E-state index contributed by atoms with van der Waals surface area (Å²) in [5.74, 6) is -1.33. The van der Waals surface area contributed by atoms with E-state index in [4.69, 9.17) is 10.4 Å². The fourth-order valence-corrected chi connectivity index (χ4v) is 2.99. The molecule has 7 nitrogen and oxygen atoms in total. The number of carboxylic acid groups (broad SMARTS) is 1. The molecule has 0 bridgehead atoms. The van der Waals surface area contributed by atoms with Crippen LogP contribution in [0, 0.1) is 18.3 Å². The molecular formula is C12H14N2O5S. The molecule has 1 aromatic carbocycles. The number of sulfonamides is 1. The van der Waals surface area contributed by atoms with Gasteiger partial charge in [0.25, 0.3) is 0 Å². The van der Waals surface area contributed by atoms with Gasteiger partial charge in [-0.05, 0) is 30.7 Å². The number of methoxy groups -OCH3 is 1. The quantitative estimate of drug-likeness (QED) is 0.777. The Balaban J connectivity index is 3.11. The molecule has 0 aliphatic heterocycles. The molecule has 1 rings (SSSR count). The van der Waals surface area contributed by atoms with E-state index in [2.05, 4.69) is 9.46 Å². The summed E-state index contributed by atoms with van der Waals surface area (Å²) in [4.78, 5) is 10.9. The van der Waals surface area contributed by atoms with Crippen LogP contribution in [0.25, 0.3) is 0 Å². The number of hydrogen-bond acceptors (Lipinski definition) is 5. The minimum atomic E-state index is -4.00. The van der Waals surface area contributed by atoms with Gasteiger partial charge in [0.15, 0.2) is 0 Å². The molecule has 1 aromatic rings. The first-order valence-corrected chi connectivity index (χ1v) is 7.05. The van der Waals surface area contributed by atoms with Crippen LogP contribution in [0.3, 0.4) is 0 Å². The first-order chi connectivity index (χ1) is 9.31. The first kappa shape index (κ1) is 16.1. The fraction of sp³-hybridized carbons (Fsp3) is 0.333. The molecule has 20 heavy (non-hydrogen) atoms. The molecule has 0 saturated heterocycles.